The minimum atomic E-state index is -3.67. The first-order chi connectivity index (χ1) is 9.51. The van der Waals surface area contributed by atoms with E-state index in [0.29, 0.717) is 22.6 Å². The van der Waals surface area contributed by atoms with Crippen molar-refractivity contribution in [2.75, 3.05) is 12.0 Å². The van der Waals surface area contributed by atoms with Crippen LogP contribution in [-0.4, -0.2) is 20.0 Å². The van der Waals surface area contributed by atoms with E-state index < -0.39 is 10.0 Å². The Kier molecular flexibility index (Phi) is 4.81. The fourth-order valence-corrected chi connectivity index (χ4v) is 3.06. The smallest absolute Gasteiger partial charge is 0.257 e. The van der Waals surface area contributed by atoms with Gasteiger partial charge in [0.15, 0.2) is 5.13 Å². The van der Waals surface area contributed by atoms with E-state index in [1.807, 2.05) is 6.92 Å². The molecule has 0 unspecified atom stereocenters. The lowest BCUT2D eigenvalue weighted by molar-refractivity contribution is 0.340. The van der Waals surface area contributed by atoms with Crippen molar-refractivity contribution in [2.45, 2.75) is 11.8 Å². The third kappa shape index (κ3) is 3.83. The summed E-state index contributed by atoms with van der Waals surface area (Å²) in [6.45, 7) is 2.38. The second-order valence-electron chi connectivity index (χ2n) is 3.61. The summed E-state index contributed by atoms with van der Waals surface area (Å²) in [5.74, 6) is 0.617. The molecule has 1 aromatic carbocycles. The van der Waals surface area contributed by atoms with Gasteiger partial charge < -0.3 is 4.74 Å². The van der Waals surface area contributed by atoms with Crippen molar-refractivity contribution in [3.63, 3.8) is 0 Å². The summed E-state index contributed by atoms with van der Waals surface area (Å²) >= 11 is 6.84. The van der Waals surface area contributed by atoms with Crippen molar-refractivity contribution < 1.29 is 13.2 Å². The van der Waals surface area contributed by atoms with Crippen LogP contribution in [0.5, 0.6) is 5.75 Å². The molecule has 0 fully saturated rings. The molecule has 20 heavy (non-hydrogen) atoms. The highest BCUT2D eigenvalue weighted by molar-refractivity contribution is 7.89. The first-order valence-corrected chi connectivity index (χ1v) is 8.37. The van der Waals surface area contributed by atoms with Crippen LogP contribution < -0.4 is 15.0 Å². The molecule has 2 rings (SSSR count). The molecule has 0 radical (unpaired) electrons. The quantitative estimate of drug-likeness (QED) is 0.794. The van der Waals surface area contributed by atoms with E-state index in [9.17, 15) is 8.42 Å². The van der Waals surface area contributed by atoms with E-state index in [1.165, 1.54) is 23.5 Å². The highest BCUT2D eigenvalue weighted by Gasteiger charge is 2.14. The van der Waals surface area contributed by atoms with Crippen LogP contribution in [0.4, 0.5) is 5.13 Å². The van der Waals surface area contributed by atoms with Gasteiger partial charge in [-0.05, 0) is 31.2 Å². The number of hydrogen-bond donors (Lipinski definition) is 2. The molecule has 0 bridgehead atoms. The lowest BCUT2D eigenvalue weighted by Crippen LogP contribution is -2.29. The fourth-order valence-electron chi connectivity index (χ4n) is 1.36. The summed E-state index contributed by atoms with van der Waals surface area (Å²) in [4.78, 5) is 6.22. The molecule has 0 atom stereocenters. The molecule has 6 nitrogen and oxygen atoms in total. The van der Waals surface area contributed by atoms with E-state index in [2.05, 4.69) is 15.2 Å². The lowest BCUT2D eigenvalue weighted by Gasteiger charge is -2.08. The van der Waals surface area contributed by atoms with Gasteiger partial charge in [-0.25, -0.2) is 13.4 Å². The zero-order chi connectivity index (χ0) is 14.6. The van der Waals surface area contributed by atoms with Crippen LogP contribution in [0.2, 0.25) is 5.15 Å². The predicted octanol–water partition coefficient (Wildman–Crippen LogP) is 2.50. The number of hydrogen-bond acceptors (Lipinski definition) is 6. The van der Waals surface area contributed by atoms with Gasteiger partial charge in [0.2, 0.25) is 0 Å². The zero-order valence-electron chi connectivity index (χ0n) is 10.5. The van der Waals surface area contributed by atoms with E-state index in [4.69, 9.17) is 16.3 Å². The number of aromatic nitrogens is 1. The molecule has 0 saturated carbocycles. The molecule has 0 aliphatic carbocycles. The number of sulfonamides is 1. The zero-order valence-corrected chi connectivity index (χ0v) is 12.8. The topological polar surface area (TPSA) is 80.3 Å². The van der Waals surface area contributed by atoms with Gasteiger partial charge >= 0.3 is 0 Å². The number of thiazole rings is 1. The molecule has 0 aliphatic heterocycles. The Morgan fingerprint density at radius 3 is 2.60 bits per heavy atom. The van der Waals surface area contributed by atoms with Crippen molar-refractivity contribution in [1.82, 2.24) is 9.82 Å². The number of ether oxygens (including phenoxy) is 1. The number of benzene rings is 1. The Balaban J connectivity index is 2.05. The van der Waals surface area contributed by atoms with Crippen molar-refractivity contribution >= 4 is 38.1 Å². The van der Waals surface area contributed by atoms with Gasteiger partial charge in [0.1, 0.15) is 10.9 Å². The molecular formula is C11H12ClN3O3S2. The van der Waals surface area contributed by atoms with Crippen molar-refractivity contribution in [3.05, 3.63) is 34.8 Å². The average Bonchev–Trinajstić information content (AvgIpc) is 2.84. The Morgan fingerprint density at radius 2 is 2.05 bits per heavy atom. The van der Waals surface area contributed by atoms with Crippen LogP contribution in [-0.2, 0) is 10.0 Å². The molecule has 0 aliphatic rings. The Morgan fingerprint density at radius 1 is 1.35 bits per heavy atom. The van der Waals surface area contributed by atoms with Crippen molar-refractivity contribution in [2.24, 2.45) is 0 Å². The first kappa shape index (κ1) is 15.0. The Bertz CT molecular complexity index is 670. The van der Waals surface area contributed by atoms with Crippen LogP contribution in [0, 0.1) is 0 Å². The maximum absolute atomic E-state index is 12.0. The van der Waals surface area contributed by atoms with Crippen LogP contribution in [0.25, 0.3) is 0 Å². The van der Waals surface area contributed by atoms with E-state index in [-0.39, 0.29) is 4.90 Å². The maximum Gasteiger partial charge on any atom is 0.257 e. The standard InChI is InChI=1S/C11H12ClN3O3S2/c1-2-18-8-3-5-9(6-4-8)20(16,17)15-14-11-13-10(12)7-19-11/h3-7,15H,2H2,1H3,(H,13,14). The van der Waals surface area contributed by atoms with E-state index in [1.54, 1.807) is 17.5 Å². The summed E-state index contributed by atoms with van der Waals surface area (Å²) < 4.78 is 29.3. The summed E-state index contributed by atoms with van der Waals surface area (Å²) in [7, 11) is -3.67. The molecule has 0 amide bonds. The third-order valence-corrected chi connectivity index (χ3v) is 4.56. The highest BCUT2D eigenvalue weighted by Crippen LogP contribution is 2.19. The minimum absolute atomic E-state index is 0.121. The second kappa shape index (κ2) is 6.40. The van der Waals surface area contributed by atoms with Gasteiger partial charge in [-0.3, -0.25) is 5.43 Å². The summed E-state index contributed by atoms with van der Waals surface area (Å²) in [6.07, 6.45) is 0. The monoisotopic (exact) mass is 333 g/mol. The van der Waals surface area contributed by atoms with Crippen LogP contribution >= 0.6 is 22.9 Å². The molecule has 0 saturated heterocycles. The van der Waals surface area contributed by atoms with Crippen LogP contribution in [0.15, 0.2) is 34.5 Å². The second-order valence-corrected chi connectivity index (χ2v) is 6.54. The van der Waals surface area contributed by atoms with Gasteiger partial charge in [-0.2, -0.15) is 0 Å². The average molecular weight is 334 g/mol. The first-order valence-electron chi connectivity index (χ1n) is 5.63. The van der Waals surface area contributed by atoms with Crippen LogP contribution in [0.3, 0.4) is 0 Å². The van der Waals surface area contributed by atoms with E-state index in [0.717, 1.165) is 0 Å². The Hall–Kier alpha value is -1.35. The summed E-state index contributed by atoms with van der Waals surface area (Å²) in [5, 5.41) is 2.26. The SMILES string of the molecule is CCOc1ccc(S(=O)(=O)NNc2nc(Cl)cs2)cc1. The lowest BCUT2D eigenvalue weighted by atomic mass is 10.3. The number of halogens is 1. The largest absolute Gasteiger partial charge is 0.494 e. The molecule has 0 spiro atoms. The fraction of sp³-hybridized carbons (Fsp3) is 0.182. The Labute approximate surface area is 125 Å². The number of hydrazine groups is 1. The van der Waals surface area contributed by atoms with E-state index >= 15 is 0 Å². The third-order valence-electron chi connectivity index (χ3n) is 2.21. The number of nitrogens with one attached hydrogen (secondary N) is 2. The van der Waals surface area contributed by atoms with Crippen LogP contribution in [0.1, 0.15) is 6.92 Å². The molecule has 1 heterocycles. The molecule has 2 N–H and O–H groups in total. The normalized spacial score (nSPS) is 11.3. The minimum Gasteiger partial charge on any atom is -0.494 e. The van der Waals surface area contributed by atoms with Gasteiger partial charge in [0.25, 0.3) is 10.0 Å². The van der Waals surface area contributed by atoms with Gasteiger partial charge in [-0.1, -0.05) is 11.6 Å². The maximum atomic E-state index is 12.0. The van der Waals surface area contributed by atoms with Gasteiger partial charge in [0.05, 0.1) is 11.5 Å². The van der Waals surface area contributed by atoms with Crippen molar-refractivity contribution in [1.29, 1.82) is 0 Å². The molecule has 9 heteroatoms. The van der Waals surface area contributed by atoms with Gasteiger partial charge in [0, 0.05) is 5.38 Å². The number of rotatable bonds is 6. The molecule has 108 valence electrons. The summed E-state index contributed by atoms with van der Waals surface area (Å²) in [5.41, 5.74) is 2.50. The highest BCUT2D eigenvalue weighted by atomic mass is 35.5. The predicted molar refractivity (Wildman–Crippen MR) is 78.7 cm³/mol. The molecule has 1 aromatic heterocycles. The molecule has 2 aromatic rings. The number of nitrogens with zero attached hydrogens (tertiary/aromatic N) is 1. The summed E-state index contributed by atoms with van der Waals surface area (Å²) in [6, 6.07) is 6.12. The molecular weight excluding hydrogens is 322 g/mol. The van der Waals surface area contributed by atoms with Crippen molar-refractivity contribution in [3.8, 4) is 5.75 Å². The van der Waals surface area contributed by atoms with Gasteiger partial charge in [-0.15, -0.1) is 16.2 Å². The number of anilines is 1.